The number of rotatable bonds is 6. The van der Waals surface area contributed by atoms with Crippen LogP contribution >= 0.6 is 0 Å². The van der Waals surface area contributed by atoms with Crippen LogP contribution in [0.15, 0.2) is 18.2 Å². The number of urea groups is 1. The first kappa shape index (κ1) is 19.5. The van der Waals surface area contributed by atoms with Crippen molar-refractivity contribution in [3.63, 3.8) is 0 Å². The van der Waals surface area contributed by atoms with E-state index in [1.807, 2.05) is 18.0 Å². The average Bonchev–Trinajstić information content (AvgIpc) is 3.31. The van der Waals surface area contributed by atoms with Crippen LogP contribution in [0, 0.1) is 0 Å². The van der Waals surface area contributed by atoms with Gasteiger partial charge in [0.2, 0.25) is 12.7 Å². The van der Waals surface area contributed by atoms with Crippen molar-refractivity contribution in [3.05, 3.63) is 23.8 Å². The zero-order valence-electron chi connectivity index (χ0n) is 16.7. The second-order valence-electron chi connectivity index (χ2n) is 7.95. The quantitative estimate of drug-likeness (QED) is 0.740. The van der Waals surface area contributed by atoms with E-state index < -0.39 is 12.1 Å². The first-order chi connectivity index (χ1) is 14.0. The number of nitrogens with one attached hydrogen (secondary N) is 1. The Morgan fingerprint density at radius 1 is 1.17 bits per heavy atom. The molecule has 0 bridgehead atoms. The van der Waals surface area contributed by atoms with E-state index in [0.29, 0.717) is 24.0 Å². The Bertz CT molecular complexity index is 806. The summed E-state index contributed by atoms with van der Waals surface area (Å²) in [5, 5.41) is 2.71. The summed E-state index contributed by atoms with van der Waals surface area (Å²) < 4.78 is 10.6. The number of fused-ring (bicyclic) bond motifs is 1. The smallest absolute Gasteiger partial charge is 0.325 e. The number of ether oxygens (including phenoxy) is 2. The van der Waals surface area contributed by atoms with Crippen molar-refractivity contribution >= 4 is 17.8 Å². The summed E-state index contributed by atoms with van der Waals surface area (Å²) in [6.07, 6.45) is 6.22. The summed E-state index contributed by atoms with van der Waals surface area (Å²) in [4.78, 5) is 40.5. The molecule has 0 spiro atoms. The molecule has 1 aromatic rings. The van der Waals surface area contributed by atoms with Crippen LogP contribution in [0.4, 0.5) is 4.79 Å². The van der Waals surface area contributed by atoms with Crippen molar-refractivity contribution in [1.29, 1.82) is 0 Å². The first-order valence-electron chi connectivity index (χ1n) is 10.3. The lowest BCUT2D eigenvalue weighted by molar-refractivity contribution is -0.133. The highest BCUT2D eigenvalue weighted by Gasteiger charge is 2.38. The SMILES string of the molecule is CN(C(=O)CC[C@H]1NC(=O)N(Cc2ccc3c(c2)OCO3)C1=O)C1CCCCC1. The van der Waals surface area contributed by atoms with Gasteiger partial charge in [-0.15, -0.1) is 0 Å². The molecule has 1 N–H and O–H groups in total. The molecule has 2 heterocycles. The van der Waals surface area contributed by atoms with E-state index in [1.165, 1.54) is 11.3 Å². The predicted octanol–water partition coefficient (Wildman–Crippen LogP) is 2.41. The van der Waals surface area contributed by atoms with Gasteiger partial charge in [0.15, 0.2) is 11.5 Å². The topological polar surface area (TPSA) is 88.2 Å². The molecule has 156 valence electrons. The molecule has 0 unspecified atom stereocenters. The molecule has 1 saturated heterocycles. The Labute approximate surface area is 170 Å². The van der Waals surface area contributed by atoms with Gasteiger partial charge in [-0.3, -0.25) is 14.5 Å². The van der Waals surface area contributed by atoms with Crippen LogP contribution in [-0.4, -0.2) is 53.6 Å². The Morgan fingerprint density at radius 2 is 1.93 bits per heavy atom. The highest BCUT2D eigenvalue weighted by molar-refractivity contribution is 6.04. The van der Waals surface area contributed by atoms with Crippen LogP contribution in [-0.2, 0) is 16.1 Å². The molecular weight excluding hydrogens is 374 g/mol. The van der Waals surface area contributed by atoms with E-state index in [4.69, 9.17) is 9.47 Å². The Kier molecular flexibility index (Phi) is 5.60. The standard InChI is InChI=1S/C21H27N3O5/c1-23(15-5-3-2-4-6-15)19(25)10-8-16-20(26)24(21(27)22-16)12-14-7-9-17-18(11-14)29-13-28-17/h7,9,11,15-16H,2-6,8,10,12-13H2,1H3,(H,22,27)/t16-/m1/s1. The molecule has 1 saturated carbocycles. The number of benzene rings is 1. The summed E-state index contributed by atoms with van der Waals surface area (Å²) in [5.41, 5.74) is 0.784. The van der Waals surface area contributed by atoms with Gasteiger partial charge in [0, 0.05) is 19.5 Å². The molecule has 1 atom stereocenters. The van der Waals surface area contributed by atoms with Gasteiger partial charge in [0.1, 0.15) is 6.04 Å². The van der Waals surface area contributed by atoms with Gasteiger partial charge in [-0.05, 0) is 37.0 Å². The molecular formula is C21H27N3O5. The van der Waals surface area contributed by atoms with Gasteiger partial charge in [0.05, 0.1) is 6.54 Å². The van der Waals surface area contributed by atoms with E-state index >= 15 is 0 Å². The minimum absolute atomic E-state index is 0.0353. The molecule has 4 rings (SSSR count). The maximum Gasteiger partial charge on any atom is 0.325 e. The summed E-state index contributed by atoms with van der Waals surface area (Å²) in [6, 6.07) is 4.58. The normalized spacial score (nSPS) is 21.4. The van der Waals surface area contributed by atoms with Crippen molar-refractivity contribution in [2.75, 3.05) is 13.8 Å². The number of imide groups is 1. The van der Waals surface area contributed by atoms with Crippen LogP contribution < -0.4 is 14.8 Å². The Morgan fingerprint density at radius 3 is 2.72 bits per heavy atom. The second kappa shape index (κ2) is 8.31. The van der Waals surface area contributed by atoms with E-state index in [0.717, 1.165) is 31.2 Å². The molecule has 29 heavy (non-hydrogen) atoms. The molecule has 0 radical (unpaired) electrons. The average molecular weight is 401 g/mol. The molecule has 8 nitrogen and oxygen atoms in total. The summed E-state index contributed by atoms with van der Waals surface area (Å²) in [6.45, 7) is 0.334. The molecule has 1 aromatic carbocycles. The van der Waals surface area contributed by atoms with E-state index in [9.17, 15) is 14.4 Å². The van der Waals surface area contributed by atoms with Crippen LogP contribution in [0.1, 0.15) is 50.5 Å². The fraction of sp³-hybridized carbons (Fsp3) is 0.571. The van der Waals surface area contributed by atoms with Gasteiger partial charge in [-0.1, -0.05) is 25.3 Å². The maximum atomic E-state index is 12.7. The van der Waals surface area contributed by atoms with Crippen molar-refractivity contribution in [3.8, 4) is 11.5 Å². The second-order valence-corrected chi connectivity index (χ2v) is 7.95. The third kappa shape index (κ3) is 4.16. The molecule has 0 aromatic heterocycles. The summed E-state index contributed by atoms with van der Waals surface area (Å²) >= 11 is 0. The van der Waals surface area contributed by atoms with E-state index in [2.05, 4.69) is 5.32 Å². The first-order valence-corrected chi connectivity index (χ1v) is 10.3. The Hall–Kier alpha value is -2.77. The van der Waals surface area contributed by atoms with E-state index in [-0.39, 0.29) is 31.6 Å². The monoisotopic (exact) mass is 401 g/mol. The largest absolute Gasteiger partial charge is 0.454 e. The fourth-order valence-corrected chi connectivity index (χ4v) is 4.26. The molecule has 8 heteroatoms. The lowest BCUT2D eigenvalue weighted by Gasteiger charge is -2.31. The Balaban J connectivity index is 1.31. The highest BCUT2D eigenvalue weighted by Crippen LogP contribution is 2.33. The molecule has 2 fully saturated rings. The fourth-order valence-electron chi connectivity index (χ4n) is 4.26. The van der Waals surface area contributed by atoms with Crippen LogP contribution in [0.5, 0.6) is 11.5 Å². The molecule has 4 amide bonds. The van der Waals surface area contributed by atoms with Crippen molar-refractivity contribution in [1.82, 2.24) is 15.1 Å². The van der Waals surface area contributed by atoms with Crippen LogP contribution in [0.25, 0.3) is 0 Å². The zero-order chi connectivity index (χ0) is 20.4. The highest BCUT2D eigenvalue weighted by atomic mass is 16.7. The number of carbonyl (C=O) groups excluding carboxylic acids is 3. The van der Waals surface area contributed by atoms with Gasteiger partial charge >= 0.3 is 6.03 Å². The van der Waals surface area contributed by atoms with Crippen LogP contribution in [0.3, 0.4) is 0 Å². The third-order valence-corrected chi connectivity index (χ3v) is 6.05. The van der Waals surface area contributed by atoms with Crippen LogP contribution in [0.2, 0.25) is 0 Å². The van der Waals surface area contributed by atoms with Gasteiger partial charge < -0.3 is 19.7 Å². The van der Waals surface area contributed by atoms with E-state index in [1.54, 1.807) is 12.1 Å². The number of amides is 4. The lowest BCUT2D eigenvalue weighted by atomic mass is 9.94. The number of nitrogens with zero attached hydrogens (tertiary/aromatic N) is 2. The van der Waals surface area contributed by atoms with Gasteiger partial charge in [-0.2, -0.15) is 0 Å². The van der Waals surface area contributed by atoms with Gasteiger partial charge in [0.25, 0.3) is 5.91 Å². The number of hydrogen-bond donors (Lipinski definition) is 1. The maximum absolute atomic E-state index is 12.7. The molecule has 3 aliphatic rings. The number of hydrogen-bond acceptors (Lipinski definition) is 5. The minimum Gasteiger partial charge on any atom is -0.454 e. The zero-order valence-corrected chi connectivity index (χ0v) is 16.7. The molecule has 2 aliphatic heterocycles. The lowest BCUT2D eigenvalue weighted by Crippen LogP contribution is -2.39. The summed E-state index contributed by atoms with van der Waals surface area (Å²) in [5.74, 6) is 1.01. The predicted molar refractivity (Wildman–Crippen MR) is 104 cm³/mol. The summed E-state index contributed by atoms with van der Waals surface area (Å²) in [7, 11) is 1.85. The number of carbonyl (C=O) groups is 3. The van der Waals surface area contributed by atoms with Crippen molar-refractivity contribution in [2.24, 2.45) is 0 Å². The van der Waals surface area contributed by atoms with Crippen molar-refractivity contribution in [2.45, 2.75) is 63.6 Å². The van der Waals surface area contributed by atoms with Crippen molar-refractivity contribution < 1.29 is 23.9 Å². The molecule has 1 aliphatic carbocycles. The van der Waals surface area contributed by atoms with Gasteiger partial charge in [-0.25, -0.2) is 4.79 Å². The third-order valence-electron chi connectivity index (χ3n) is 6.05. The minimum atomic E-state index is -0.653.